The lowest BCUT2D eigenvalue weighted by Crippen LogP contribution is -2.31. The zero-order valence-corrected chi connectivity index (χ0v) is 13.3. The number of rotatable bonds is 7. The summed E-state index contributed by atoms with van der Waals surface area (Å²) in [5.41, 5.74) is 1.53. The van der Waals surface area contributed by atoms with Gasteiger partial charge in [-0.15, -0.1) is 0 Å². The van der Waals surface area contributed by atoms with Crippen LogP contribution in [0.5, 0.6) is 0 Å². The van der Waals surface area contributed by atoms with Gasteiger partial charge in [-0.2, -0.15) is 0 Å². The molecule has 0 spiro atoms. The van der Waals surface area contributed by atoms with Gasteiger partial charge in [0.15, 0.2) is 0 Å². The molecule has 0 bridgehead atoms. The number of anilines is 1. The highest BCUT2D eigenvalue weighted by atomic mass is 16.2. The Bertz CT molecular complexity index is 451. The molecular weight excluding hydrogens is 262 g/mol. The maximum absolute atomic E-state index is 12.3. The number of pyridine rings is 1. The number of carbonyl (C=O) groups is 1. The Kier molecular flexibility index (Phi) is 6.03. The Morgan fingerprint density at radius 1 is 1.33 bits per heavy atom. The molecule has 1 aromatic heterocycles. The quantitative estimate of drug-likeness (QED) is 0.835. The molecule has 21 heavy (non-hydrogen) atoms. The van der Waals surface area contributed by atoms with E-state index in [1.54, 1.807) is 11.1 Å². The van der Waals surface area contributed by atoms with Gasteiger partial charge < -0.3 is 10.2 Å². The predicted octanol–water partition coefficient (Wildman–Crippen LogP) is 3.56. The second kappa shape index (κ2) is 8.01. The molecule has 1 saturated carbocycles. The van der Waals surface area contributed by atoms with Crippen LogP contribution in [0, 0.1) is 5.92 Å². The third kappa shape index (κ3) is 4.45. The summed E-state index contributed by atoms with van der Waals surface area (Å²) in [5, 5.41) is 3.43. The lowest BCUT2D eigenvalue weighted by Gasteiger charge is -2.18. The van der Waals surface area contributed by atoms with Gasteiger partial charge in [-0.1, -0.05) is 25.7 Å². The van der Waals surface area contributed by atoms with Crippen molar-refractivity contribution in [3.05, 3.63) is 24.0 Å². The van der Waals surface area contributed by atoms with Crippen LogP contribution in [-0.2, 0) is 0 Å². The van der Waals surface area contributed by atoms with Crippen LogP contribution in [-0.4, -0.2) is 35.4 Å². The number of nitrogens with zero attached hydrogens (tertiary/aromatic N) is 2. The normalized spacial score (nSPS) is 15.1. The molecule has 1 aliphatic rings. The third-order valence-electron chi connectivity index (χ3n) is 4.39. The largest absolute Gasteiger partial charge is 0.385 e. The monoisotopic (exact) mass is 289 g/mol. The van der Waals surface area contributed by atoms with Crippen LogP contribution >= 0.6 is 0 Å². The molecule has 1 amide bonds. The van der Waals surface area contributed by atoms with E-state index in [9.17, 15) is 4.79 Å². The molecule has 2 rings (SSSR count). The molecule has 0 unspecified atom stereocenters. The lowest BCUT2D eigenvalue weighted by molar-refractivity contribution is 0.0767. The van der Waals surface area contributed by atoms with Crippen molar-refractivity contribution in [3.63, 3.8) is 0 Å². The SMILES string of the molecule is CCN(CC)C(=O)c1cc(NCCC2CCCC2)ccn1. The van der Waals surface area contributed by atoms with Gasteiger partial charge >= 0.3 is 0 Å². The molecule has 0 aliphatic heterocycles. The van der Waals surface area contributed by atoms with Gasteiger partial charge in [-0.3, -0.25) is 9.78 Å². The van der Waals surface area contributed by atoms with Crippen LogP contribution in [0.4, 0.5) is 5.69 Å². The molecule has 1 fully saturated rings. The smallest absolute Gasteiger partial charge is 0.272 e. The summed E-state index contributed by atoms with van der Waals surface area (Å²) in [5.74, 6) is 0.899. The van der Waals surface area contributed by atoms with E-state index >= 15 is 0 Å². The van der Waals surface area contributed by atoms with Gasteiger partial charge in [0.2, 0.25) is 0 Å². The number of hydrogen-bond acceptors (Lipinski definition) is 3. The molecule has 4 nitrogen and oxygen atoms in total. The number of hydrogen-bond donors (Lipinski definition) is 1. The Morgan fingerprint density at radius 2 is 2.05 bits per heavy atom. The van der Waals surface area contributed by atoms with Gasteiger partial charge in [0, 0.05) is 31.5 Å². The van der Waals surface area contributed by atoms with Crippen molar-refractivity contribution in [1.29, 1.82) is 0 Å². The molecule has 1 heterocycles. The van der Waals surface area contributed by atoms with E-state index in [0.29, 0.717) is 5.69 Å². The van der Waals surface area contributed by atoms with E-state index in [1.807, 2.05) is 26.0 Å². The molecule has 0 atom stereocenters. The first-order valence-electron chi connectivity index (χ1n) is 8.23. The number of amides is 1. The average Bonchev–Trinajstić information content (AvgIpc) is 3.02. The van der Waals surface area contributed by atoms with Crippen molar-refractivity contribution in [3.8, 4) is 0 Å². The van der Waals surface area contributed by atoms with Crippen LogP contribution in [0.2, 0.25) is 0 Å². The minimum absolute atomic E-state index is 0.0134. The van der Waals surface area contributed by atoms with Gasteiger partial charge in [0.25, 0.3) is 5.91 Å². The Morgan fingerprint density at radius 3 is 2.71 bits per heavy atom. The Hall–Kier alpha value is -1.58. The first kappa shape index (κ1) is 15.8. The van der Waals surface area contributed by atoms with Crippen LogP contribution < -0.4 is 5.32 Å². The van der Waals surface area contributed by atoms with Crippen LogP contribution in [0.15, 0.2) is 18.3 Å². The molecular formula is C17H27N3O. The Balaban J connectivity index is 1.89. The molecule has 0 radical (unpaired) electrons. The minimum atomic E-state index is 0.0134. The second-order valence-corrected chi connectivity index (χ2v) is 5.77. The van der Waals surface area contributed by atoms with Crippen LogP contribution in [0.3, 0.4) is 0 Å². The van der Waals surface area contributed by atoms with Crippen molar-refractivity contribution in [2.45, 2.75) is 46.0 Å². The topological polar surface area (TPSA) is 45.2 Å². The first-order valence-corrected chi connectivity index (χ1v) is 8.23. The molecule has 116 valence electrons. The van der Waals surface area contributed by atoms with Gasteiger partial charge in [-0.05, 0) is 38.3 Å². The Labute approximate surface area is 127 Å². The fourth-order valence-corrected chi connectivity index (χ4v) is 3.05. The van der Waals surface area contributed by atoms with E-state index in [0.717, 1.165) is 31.2 Å². The zero-order valence-electron chi connectivity index (χ0n) is 13.3. The van der Waals surface area contributed by atoms with Gasteiger partial charge in [0.05, 0.1) is 0 Å². The van der Waals surface area contributed by atoms with E-state index in [2.05, 4.69) is 10.3 Å². The minimum Gasteiger partial charge on any atom is -0.385 e. The maximum Gasteiger partial charge on any atom is 0.272 e. The summed E-state index contributed by atoms with van der Waals surface area (Å²) in [6.45, 7) is 6.40. The van der Waals surface area contributed by atoms with E-state index in [-0.39, 0.29) is 5.91 Å². The van der Waals surface area contributed by atoms with Crippen LogP contribution in [0.25, 0.3) is 0 Å². The second-order valence-electron chi connectivity index (χ2n) is 5.77. The number of aromatic nitrogens is 1. The van der Waals surface area contributed by atoms with Crippen molar-refractivity contribution in [1.82, 2.24) is 9.88 Å². The third-order valence-corrected chi connectivity index (χ3v) is 4.39. The lowest BCUT2D eigenvalue weighted by atomic mass is 10.0. The van der Waals surface area contributed by atoms with Gasteiger partial charge in [0.1, 0.15) is 5.69 Å². The summed E-state index contributed by atoms with van der Waals surface area (Å²) in [4.78, 5) is 18.3. The van der Waals surface area contributed by atoms with E-state index in [4.69, 9.17) is 0 Å². The zero-order chi connectivity index (χ0) is 15.1. The van der Waals surface area contributed by atoms with E-state index < -0.39 is 0 Å². The van der Waals surface area contributed by atoms with Crippen LogP contribution in [0.1, 0.15) is 56.4 Å². The highest BCUT2D eigenvalue weighted by Crippen LogP contribution is 2.27. The van der Waals surface area contributed by atoms with Crippen molar-refractivity contribution in [2.75, 3.05) is 25.0 Å². The fourth-order valence-electron chi connectivity index (χ4n) is 3.05. The first-order chi connectivity index (χ1) is 10.2. The fraction of sp³-hybridized carbons (Fsp3) is 0.647. The summed E-state index contributed by atoms with van der Waals surface area (Å²) >= 11 is 0. The molecule has 1 aliphatic carbocycles. The molecule has 1 N–H and O–H groups in total. The summed E-state index contributed by atoms with van der Waals surface area (Å²) in [6, 6.07) is 3.81. The number of nitrogens with one attached hydrogen (secondary N) is 1. The maximum atomic E-state index is 12.3. The highest BCUT2D eigenvalue weighted by molar-refractivity contribution is 5.93. The van der Waals surface area contributed by atoms with Crippen molar-refractivity contribution >= 4 is 11.6 Å². The summed E-state index contributed by atoms with van der Waals surface area (Å²) in [7, 11) is 0. The highest BCUT2D eigenvalue weighted by Gasteiger charge is 2.15. The standard InChI is InChI=1S/C17H27N3O/c1-3-20(4-2)17(21)16-13-15(10-12-19-16)18-11-9-14-7-5-6-8-14/h10,12-14H,3-9,11H2,1-2H3,(H,18,19). The van der Waals surface area contributed by atoms with Crippen molar-refractivity contribution in [2.24, 2.45) is 5.92 Å². The summed E-state index contributed by atoms with van der Waals surface area (Å²) in [6.07, 6.45) is 8.48. The average molecular weight is 289 g/mol. The predicted molar refractivity (Wildman–Crippen MR) is 86.6 cm³/mol. The van der Waals surface area contributed by atoms with Crippen molar-refractivity contribution < 1.29 is 4.79 Å². The summed E-state index contributed by atoms with van der Waals surface area (Å²) < 4.78 is 0. The molecule has 1 aromatic rings. The number of carbonyl (C=O) groups excluding carboxylic acids is 1. The molecule has 0 saturated heterocycles. The molecule has 0 aromatic carbocycles. The molecule has 4 heteroatoms. The van der Waals surface area contributed by atoms with Gasteiger partial charge in [-0.25, -0.2) is 0 Å². The van der Waals surface area contributed by atoms with E-state index in [1.165, 1.54) is 32.1 Å².